The van der Waals surface area contributed by atoms with Gasteiger partial charge in [-0.3, -0.25) is 0 Å². The molecule has 2 aliphatic heterocycles. The molecule has 0 saturated carbocycles. The molecule has 6 aromatic rings. The Morgan fingerprint density at radius 3 is 1.42 bits per heavy atom. The highest BCUT2D eigenvalue weighted by molar-refractivity contribution is 7.80. The Labute approximate surface area is 353 Å². The highest BCUT2D eigenvalue weighted by Gasteiger charge is 2.36. The smallest absolute Gasteiger partial charge is 0.188 e. The van der Waals surface area contributed by atoms with E-state index in [9.17, 15) is 0 Å². The number of ether oxygens (including phenoxy) is 10. The van der Waals surface area contributed by atoms with E-state index in [0.717, 1.165) is 54.5 Å². The van der Waals surface area contributed by atoms with Gasteiger partial charge in [-0.05, 0) is 86.3 Å². The molecule has 0 bridgehead atoms. The second-order valence-electron chi connectivity index (χ2n) is 15.2. The fourth-order valence-electron chi connectivity index (χ4n) is 8.44. The van der Waals surface area contributed by atoms with Gasteiger partial charge in [-0.2, -0.15) is 0 Å². The number of hydrogen-bond donors (Lipinski definition) is 0. The van der Waals surface area contributed by atoms with Crippen molar-refractivity contribution >= 4 is 45.6 Å². The van der Waals surface area contributed by atoms with Crippen molar-refractivity contribution in [2.24, 2.45) is 0 Å². The molecule has 0 unspecified atom stereocenters. The van der Waals surface area contributed by atoms with Crippen molar-refractivity contribution in [3.8, 4) is 34.4 Å². The number of aromatic nitrogens is 1. The molecule has 2 aliphatic rings. The minimum absolute atomic E-state index is 0.0105. The Balaban J connectivity index is 1.37. The zero-order valence-electron chi connectivity index (χ0n) is 35.5. The number of benzene rings is 5. The van der Waals surface area contributed by atoms with Crippen LogP contribution in [0.25, 0.3) is 27.5 Å². The van der Waals surface area contributed by atoms with Gasteiger partial charge in [0.15, 0.2) is 24.1 Å². The summed E-state index contributed by atoms with van der Waals surface area (Å²) < 4.78 is 63.9. The van der Waals surface area contributed by atoms with Crippen molar-refractivity contribution in [2.75, 3.05) is 68.8 Å². The number of aryl methyl sites for hydroxylation is 2. The summed E-state index contributed by atoms with van der Waals surface area (Å²) in [6.07, 6.45) is 2.70. The Morgan fingerprint density at radius 2 is 1.00 bits per heavy atom. The second kappa shape index (κ2) is 18.0. The SMILES string of the molecule is COCOc1c(-n2c3ccccc3c3ccccc32)cccc1P(c1c(OC)cc(CCC2(C)OCCO2)cc1OC)c1c(OC)cc(CCC2(C)OCCO2)cc1OC. The van der Waals surface area contributed by atoms with Crippen molar-refractivity contribution in [3.05, 3.63) is 102 Å². The first-order valence-corrected chi connectivity index (χ1v) is 21.7. The molecular weight excluding hydrogens is 781 g/mol. The summed E-state index contributed by atoms with van der Waals surface area (Å²) in [5.41, 5.74) is 5.00. The molecule has 0 amide bonds. The standard InChI is InChI=1S/C48H54NO10P/c1-47(56-23-24-57-47)21-19-32-27-39(51-4)45(40(28-32)52-5)60(46-41(53-6)29-33(30-42(46)54-7)20-22-48(2)58-25-26-59-48)43-18-12-17-38(44(43)55-31-50-3)49-36-15-10-8-13-34(36)35-14-9-11-16-37(35)49/h8-18,27-30H,19-26,31H2,1-7H3. The van der Waals surface area contributed by atoms with Crippen LogP contribution in [0.2, 0.25) is 0 Å². The van der Waals surface area contributed by atoms with Gasteiger partial charge in [0, 0.05) is 44.0 Å². The molecule has 2 saturated heterocycles. The van der Waals surface area contributed by atoms with Crippen molar-refractivity contribution in [1.82, 2.24) is 4.57 Å². The highest BCUT2D eigenvalue weighted by atomic mass is 31.1. The lowest BCUT2D eigenvalue weighted by Crippen LogP contribution is -2.29. The average molecular weight is 836 g/mol. The molecule has 11 nitrogen and oxygen atoms in total. The van der Waals surface area contributed by atoms with E-state index in [1.165, 1.54) is 0 Å². The van der Waals surface area contributed by atoms with E-state index in [2.05, 4.69) is 95.6 Å². The van der Waals surface area contributed by atoms with Crippen LogP contribution in [-0.2, 0) is 36.5 Å². The quantitative estimate of drug-likeness (QED) is 0.0666. The molecule has 60 heavy (non-hydrogen) atoms. The van der Waals surface area contributed by atoms with Gasteiger partial charge in [0.1, 0.15) is 23.0 Å². The number of hydrogen-bond acceptors (Lipinski definition) is 10. The van der Waals surface area contributed by atoms with Gasteiger partial charge in [-0.25, -0.2) is 0 Å². The van der Waals surface area contributed by atoms with Crippen LogP contribution in [0, 0.1) is 0 Å². The van der Waals surface area contributed by atoms with E-state index in [-0.39, 0.29) is 6.79 Å². The summed E-state index contributed by atoms with van der Waals surface area (Å²) >= 11 is 0. The van der Waals surface area contributed by atoms with E-state index < -0.39 is 19.5 Å². The molecule has 316 valence electrons. The first kappa shape index (κ1) is 41.8. The summed E-state index contributed by atoms with van der Waals surface area (Å²) in [6, 6.07) is 31.5. The van der Waals surface area contributed by atoms with E-state index in [4.69, 9.17) is 47.4 Å². The molecule has 0 N–H and O–H groups in total. The maximum Gasteiger partial charge on any atom is 0.188 e. The van der Waals surface area contributed by atoms with Crippen LogP contribution in [-0.4, -0.2) is 84.9 Å². The van der Waals surface area contributed by atoms with Gasteiger partial charge in [-0.15, -0.1) is 0 Å². The van der Waals surface area contributed by atoms with Crippen LogP contribution < -0.4 is 39.6 Å². The van der Waals surface area contributed by atoms with E-state index >= 15 is 0 Å². The largest absolute Gasteiger partial charge is 0.496 e. The number of fused-ring (bicyclic) bond motifs is 3. The van der Waals surface area contributed by atoms with Crippen molar-refractivity contribution in [1.29, 1.82) is 0 Å². The molecular formula is C48H54NO10P. The lowest BCUT2D eigenvalue weighted by molar-refractivity contribution is -0.146. The zero-order valence-corrected chi connectivity index (χ0v) is 36.4. The Morgan fingerprint density at radius 1 is 0.567 bits per heavy atom. The normalized spacial score (nSPS) is 15.9. The number of nitrogens with zero attached hydrogens (tertiary/aromatic N) is 1. The minimum atomic E-state index is -1.64. The molecule has 5 aromatic carbocycles. The monoisotopic (exact) mass is 835 g/mol. The Kier molecular flexibility index (Phi) is 12.6. The van der Waals surface area contributed by atoms with Crippen molar-refractivity contribution in [3.63, 3.8) is 0 Å². The predicted octanol–water partition coefficient (Wildman–Crippen LogP) is 7.95. The zero-order chi connectivity index (χ0) is 41.9. The van der Waals surface area contributed by atoms with E-state index in [1.807, 2.05) is 13.8 Å². The predicted molar refractivity (Wildman–Crippen MR) is 235 cm³/mol. The lowest BCUT2D eigenvalue weighted by Gasteiger charge is -2.30. The third kappa shape index (κ3) is 8.15. The molecule has 3 heterocycles. The van der Waals surface area contributed by atoms with E-state index in [1.54, 1.807) is 35.5 Å². The number of para-hydroxylation sites is 3. The highest BCUT2D eigenvalue weighted by Crippen LogP contribution is 2.50. The first-order valence-electron chi connectivity index (χ1n) is 20.3. The van der Waals surface area contributed by atoms with Crippen LogP contribution in [0.15, 0.2) is 91.0 Å². The van der Waals surface area contributed by atoms with Crippen molar-refractivity contribution in [2.45, 2.75) is 51.1 Å². The lowest BCUT2D eigenvalue weighted by atomic mass is 10.0. The van der Waals surface area contributed by atoms with Crippen LogP contribution in [0.4, 0.5) is 0 Å². The molecule has 12 heteroatoms. The molecule has 2 fully saturated rings. The van der Waals surface area contributed by atoms with Crippen LogP contribution in [0.5, 0.6) is 28.7 Å². The third-order valence-corrected chi connectivity index (χ3v) is 14.0. The van der Waals surface area contributed by atoms with Crippen LogP contribution in [0.3, 0.4) is 0 Å². The summed E-state index contributed by atoms with van der Waals surface area (Å²) in [7, 11) is 6.78. The molecule has 0 radical (unpaired) electrons. The van der Waals surface area contributed by atoms with Crippen molar-refractivity contribution < 1.29 is 47.4 Å². The molecule has 8 rings (SSSR count). The fourth-order valence-corrected chi connectivity index (χ4v) is 11.3. The molecule has 0 aliphatic carbocycles. The van der Waals surface area contributed by atoms with Gasteiger partial charge in [0.2, 0.25) is 0 Å². The van der Waals surface area contributed by atoms with Gasteiger partial charge < -0.3 is 51.9 Å². The van der Waals surface area contributed by atoms with Gasteiger partial charge >= 0.3 is 0 Å². The Bertz CT molecular complexity index is 2260. The summed E-state index contributed by atoms with van der Waals surface area (Å²) in [5.74, 6) is 1.97. The maximum atomic E-state index is 6.77. The van der Waals surface area contributed by atoms with Gasteiger partial charge in [0.05, 0.1) is 82.2 Å². The topological polar surface area (TPSA) is 97.2 Å². The maximum absolute atomic E-state index is 6.77. The summed E-state index contributed by atoms with van der Waals surface area (Å²) in [5, 5.41) is 4.84. The van der Waals surface area contributed by atoms with Crippen LogP contribution in [0.1, 0.15) is 37.8 Å². The van der Waals surface area contributed by atoms with E-state index in [0.29, 0.717) is 80.9 Å². The molecule has 0 atom stereocenters. The first-order chi connectivity index (χ1) is 29.2. The third-order valence-electron chi connectivity index (χ3n) is 11.4. The summed E-state index contributed by atoms with van der Waals surface area (Å²) in [4.78, 5) is 0. The molecule has 1 aromatic heterocycles. The average Bonchev–Trinajstić information content (AvgIpc) is 4.01. The number of rotatable bonds is 17. The minimum Gasteiger partial charge on any atom is -0.496 e. The fraction of sp³-hybridized carbons (Fsp3) is 0.375. The second-order valence-corrected chi connectivity index (χ2v) is 17.3. The molecule has 0 spiro atoms. The van der Waals surface area contributed by atoms with Crippen LogP contribution >= 0.6 is 7.92 Å². The van der Waals surface area contributed by atoms with Gasteiger partial charge in [-0.1, -0.05) is 42.5 Å². The summed E-state index contributed by atoms with van der Waals surface area (Å²) in [6.45, 7) is 6.31. The van der Waals surface area contributed by atoms with Gasteiger partial charge in [0.25, 0.3) is 0 Å². The number of methoxy groups -OCH3 is 5. The Hall–Kier alpha value is -4.87.